The molecule has 106 valence electrons. The van der Waals surface area contributed by atoms with Crippen LogP contribution in [0.3, 0.4) is 0 Å². The molecule has 3 nitrogen and oxygen atoms in total. The molecule has 0 aromatic heterocycles. The second-order valence-electron chi connectivity index (χ2n) is 4.87. The molecular formula is C14H20BrClN2O. The molecule has 1 aromatic carbocycles. The molecule has 0 heterocycles. The minimum Gasteiger partial charge on any atom is -0.353 e. The van der Waals surface area contributed by atoms with Gasteiger partial charge in [-0.1, -0.05) is 40.5 Å². The maximum Gasteiger partial charge on any atom is 0.224 e. The van der Waals surface area contributed by atoms with E-state index >= 15 is 0 Å². The topological polar surface area (TPSA) is 55.1 Å². The molecule has 2 rings (SSSR count). The van der Waals surface area contributed by atoms with Crippen molar-refractivity contribution in [3.63, 3.8) is 0 Å². The van der Waals surface area contributed by atoms with Crippen LogP contribution in [0.4, 0.5) is 0 Å². The average molecular weight is 348 g/mol. The number of rotatable bonds is 4. The van der Waals surface area contributed by atoms with Crippen LogP contribution in [0.5, 0.6) is 0 Å². The van der Waals surface area contributed by atoms with E-state index in [-0.39, 0.29) is 24.4 Å². The summed E-state index contributed by atoms with van der Waals surface area (Å²) in [6.45, 7) is 0.667. The van der Waals surface area contributed by atoms with Gasteiger partial charge in [0.05, 0.1) is 6.42 Å². The van der Waals surface area contributed by atoms with Gasteiger partial charge in [0.1, 0.15) is 0 Å². The van der Waals surface area contributed by atoms with Crippen molar-refractivity contribution in [2.45, 2.75) is 31.7 Å². The third-order valence-electron chi connectivity index (χ3n) is 3.62. The molecule has 0 spiro atoms. The summed E-state index contributed by atoms with van der Waals surface area (Å²) in [5.74, 6) is 0.542. The fourth-order valence-corrected chi connectivity index (χ4v) is 3.01. The number of hydrogen-bond donors (Lipinski definition) is 2. The van der Waals surface area contributed by atoms with Crippen LogP contribution < -0.4 is 11.1 Å². The second-order valence-corrected chi connectivity index (χ2v) is 5.72. The smallest absolute Gasteiger partial charge is 0.224 e. The molecule has 1 fully saturated rings. The highest BCUT2D eigenvalue weighted by molar-refractivity contribution is 9.10. The number of nitrogens with two attached hydrogens (primary N) is 1. The Labute approximate surface area is 128 Å². The van der Waals surface area contributed by atoms with E-state index in [1.165, 1.54) is 6.42 Å². The van der Waals surface area contributed by atoms with Crippen molar-refractivity contribution in [3.8, 4) is 0 Å². The van der Waals surface area contributed by atoms with Crippen LogP contribution in [0, 0.1) is 5.92 Å². The third kappa shape index (κ3) is 4.48. The molecule has 1 aliphatic rings. The van der Waals surface area contributed by atoms with Gasteiger partial charge < -0.3 is 11.1 Å². The van der Waals surface area contributed by atoms with Crippen LogP contribution >= 0.6 is 28.3 Å². The normalized spacial score (nSPS) is 21.8. The zero-order valence-electron chi connectivity index (χ0n) is 10.8. The minimum absolute atomic E-state index is 0. The van der Waals surface area contributed by atoms with Gasteiger partial charge in [0.15, 0.2) is 0 Å². The highest BCUT2D eigenvalue weighted by Crippen LogP contribution is 2.25. The lowest BCUT2D eigenvalue weighted by atomic mass is 10.0. The number of hydrogen-bond acceptors (Lipinski definition) is 2. The summed E-state index contributed by atoms with van der Waals surface area (Å²) < 4.78 is 0.988. The van der Waals surface area contributed by atoms with Crippen molar-refractivity contribution < 1.29 is 4.79 Å². The number of halogens is 2. The van der Waals surface area contributed by atoms with Crippen LogP contribution in [-0.2, 0) is 11.2 Å². The molecule has 1 saturated carbocycles. The molecule has 3 N–H and O–H groups in total. The van der Waals surface area contributed by atoms with Crippen molar-refractivity contribution in [2.24, 2.45) is 11.7 Å². The van der Waals surface area contributed by atoms with Crippen molar-refractivity contribution in [3.05, 3.63) is 34.3 Å². The number of carbonyl (C=O) groups excluding carboxylic acids is 1. The van der Waals surface area contributed by atoms with E-state index in [0.29, 0.717) is 18.9 Å². The Morgan fingerprint density at radius 2 is 2.11 bits per heavy atom. The van der Waals surface area contributed by atoms with Gasteiger partial charge in [0.2, 0.25) is 5.91 Å². The summed E-state index contributed by atoms with van der Waals surface area (Å²) in [7, 11) is 0. The Morgan fingerprint density at radius 3 is 2.79 bits per heavy atom. The summed E-state index contributed by atoms with van der Waals surface area (Å²) in [4.78, 5) is 12.0. The summed E-state index contributed by atoms with van der Waals surface area (Å²) in [6, 6.07) is 8.10. The van der Waals surface area contributed by atoms with Crippen molar-refractivity contribution in [1.29, 1.82) is 0 Å². The molecule has 1 aliphatic carbocycles. The zero-order valence-corrected chi connectivity index (χ0v) is 13.2. The molecular weight excluding hydrogens is 328 g/mol. The highest BCUT2D eigenvalue weighted by Gasteiger charge is 2.27. The van der Waals surface area contributed by atoms with E-state index in [1.54, 1.807) is 0 Å². The average Bonchev–Trinajstić information content (AvgIpc) is 2.79. The van der Waals surface area contributed by atoms with E-state index in [2.05, 4.69) is 21.2 Å². The molecule has 1 amide bonds. The lowest BCUT2D eigenvalue weighted by Crippen LogP contribution is -2.40. The maximum atomic E-state index is 12.0. The van der Waals surface area contributed by atoms with Gasteiger partial charge in [0.25, 0.3) is 0 Å². The van der Waals surface area contributed by atoms with Gasteiger partial charge in [-0.15, -0.1) is 12.4 Å². The molecule has 1 aromatic rings. The van der Waals surface area contributed by atoms with Crippen molar-refractivity contribution in [2.75, 3.05) is 6.54 Å². The number of benzene rings is 1. The lowest BCUT2D eigenvalue weighted by Gasteiger charge is -2.19. The molecule has 0 aliphatic heterocycles. The molecule has 2 atom stereocenters. The minimum atomic E-state index is 0. The largest absolute Gasteiger partial charge is 0.353 e. The molecule has 5 heteroatoms. The molecule has 2 unspecified atom stereocenters. The second kappa shape index (κ2) is 7.88. The first-order valence-corrected chi connectivity index (χ1v) is 7.23. The predicted octanol–water partition coefficient (Wildman–Crippen LogP) is 2.66. The Balaban J connectivity index is 0.00000180. The maximum absolute atomic E-state index is 12.0. The van der Waals surface area contributed by atoms with Gasteiger partial charge >= 0.3 is 0 Å². The van der Waals surface area contributed by atoms with Gasteiger partial charge in [0, 0.05) is 10.5 Å². The standard InChI is InChI=1S/C14H19BrN2O.ClH/c15-12-6-2-1-4-10(12)8-14(18)17-13-7-3-5-11(13)9-16;/h1-2,4,6,11,13H,3,5,7-9,16H2,(H,17,18);1H. The van der Waals surface area contributed by atoms with E-state index in [9.17, 15) is 4.79 Å². The van der Waals surface area contributed by atoms with Gasteiger partial charge in [-0.2, -0.15) is 0 Å². The van der Waals surface area contributed by atoms with Gasteiger partial charge in [-0.25, -0.2) is 0 Å². The van der Waals surface area contributed by atoms with Crippen molar-refractivity contribution >= 4 is 34.2 Å². The Kier molecular flexibility index (Phi) is 6.83. The van der Waals surface area contributed by atoms with Gasteiger partial charge in [-0.05, 0) is 36.9 Å². The first-order chi connectivity index (χ1) is 8.70. The summed E-state index contributed by atoms with van der Waals surface area (Å²) in [5, 5.41) is 3.12. The fourth-order valence-electron chi connectivity index (χ4n) is 2.58. The molecule has 0 radical (unpaired) electrons. The van der Waals surface area contributed by atoms with Crippen LogP contribution in [0.25, 0.3) is 0 Å². The monoisotopic (exact) mass is 346 g/mol. The van der Waals surface area contributed by atoms with Crippen LogP contribution in [0.15, 0.2) is 28.7 Å². The predicted molar refractivity (Wildman–Crippen MR) is 83.4 cm³/mol. The van der Waals surface area contributed by atoms with Gasteiger partial charge in [-0.3, -0.25) is 4.79 Å². The SMILES string of the molecule is Cl.NCC1CCCC1NC(=O)Cc1ccccc1Br. The summed E-state index contributed by atoms with van der Waals surface area (Å²) in [5.41, 5.74) is 6.74. The summed E-state index contributed by atoms with van der Waals surface area (Å²) >= 11 is 3.46. The highest BCUT2D eigenvalue weighted by atomic mass is 79.9. The van der Waals surface area contributed by atoms with Crippen molar-refractivity contribution in [1.82, 2.24) is 5.32 Å². The van der Waals surface area contributed by atoms with E-state index in [0.717, 1.165) is 22.9 Å². The first kappa shape index (κ1) is 16.5. The fraction of sp³-hybridized carbons (Fsp3) is 0.500. The van der Waals surface area contributed by atoms with Crippen LogP contribution in [0.2, 0.25) is 0 Å². The molecule has 19 heavy (non-hydrogen) atoms. The zero-order chi connectivity index (χ0) is 13.0. The van der Waals surface area contributed by atoms with Crippen LogP contribution in [0.1, 0.15) is 24.8 Å². The lowest BCUT2D eigenvalue weighted by molar-refractivity contribution is -0.121. The number of nitrogens with one attached hydrogen (secondary N) is 1. The van der Waals surface area contributed by atoms with E-state index in [4.69, 9.17) is 5.73 Å². The van der Waals surface area contributed by atoms with E-state index in [1.807, 2.05) is 24.3 Å². The molecule has 0 saturated heterocycles. The Morgan fingerprint density at radius 1 is 1.37 bits per heavy atom. The molecule has 0 bridgehead atoms. The quantitative estimate of drug-likeness (QED) is 0.880. The van der Waals surface area contributed by atoms with Crippen LogP contribution in [-0.4, -0.2) is 18.5 Å². The third-order valence-corrected chi connectivity index (χ3v) is 4.39. The number of carbonyl (C=O) groups is 1. The van der Waals surface area contributed by atoms with E-state index < -0.39 is 0 Å². The Hall–Kier alpha value is -0.580. The summed E-state index contributed by atoms with van der Waals surface area (Å²) in [6.07, 6.45) is 3.79. The Bertz CT molecular complexity index is 428. The number of amides is 1. The first-order valence-electron chi connectivity index (χ1n) is 6.43.